The summed E-state index contributed by atoms with van der Waals surface area (Å²) in [5.74, 6) is 0.962. The summed E-state index contributed by atoms with van der Waals surface area (Å²) in [4.78, 5) is 7.73. The van der Waals surface area contributed by atoms with Gasteiger partial charge in [-0.25, -0.2) is 4.98 Å². The number of nitrogens with one attached hydrogen (secondary N) is 1. The molecule has 1 heterocycles. The standard InChI is InChI=1S/C11H12N2/c1-3-8(2)11-12-9-6-4-5-7-10(9)13-11/h3-7H,1-2H3,(H,12,13)/b8-3-. The second-order valence-corrected chi connectivity index (χ2v) is 3.07. The Hall–Kier alpha value is -1.57. The van der Waals surface area contributed by atoms with Gasteiger partial charge in [0.25, 0.3) is 0 Å². The van der Waals surface area contributed by atoms with E-state index in [0.717, 1.165) is 16.9 Å². The van der Waals surface area contributed by atoms with Crippen LogP contribution >= 0.6 is 0 Å². The van der Waals surface area contributed by atoms with Crippen molar-refractivity contribution >= 4 is 16.6 Å². The molecule has 0 aliphatic carbocycles. The molecular weight excluding hydrogens is 160 g/mol. The van der Waals surface area contributed by atoms with Crippen molar-refractivity contribution in [3.05, 3.63) is 36.2 Å². The summed E-state index contributed by atoms with van der Waals surface area (Å²) in [6.07, 6.45) is 2.05. The number of H-pyrrole nitrogens is 1. The van der Waals surface area contributed by atoms with Gasteiger partial charge in [0, 0.05) is 0 Å². The quantitative estimate of drug-likeness (QED) is 0.703. The zero-order chi connectivity index (χ0) is 9.26. The molecule has 0 bridgehead atoms. The van der Waals surface area contributed by atoms with Gasteiger partial charge >= 0.3 is 0 Å². The van der Waals surface area contributed by atoms with E-state index in [4.69, 9.17) is 0 Å². The zero-order valence-electron chi connectivity index (χ0n) is 7.83. The first kappa shape index (κ1) is 8.05. The third-order valence-electron chi connectivity index (χ3n) is 2.20. The Labute approximate surface area is 77.3 Å². The predicted octanol–water partition coefficient (Wildman–Crippen LogP) is 2.99. The molecule has 0 aliphatic rings. The van der Waals surface area contributed by atoms with Gasteiger partial charge in [0.05, 0.1) is 11.0 Å². The van der Waals surface area contributed by atoms with Crippen LogP contribution in [0.15, 0.2) is 30.3 Å². The molecule has 0 amide bonds. The molecule has 2 aromatic rings. The Morgan fingerprint density at radius 2 is 2.15 bits per heavy atom. The van der Waals surface area contributed by atoms with Crippen LogP contribution in [-0.2, 0) is 0 Å². The van der Waals surface area contributed by atoms with E-state index < -0.39 is 0 Å². The largest absolute Gasteiger partial charge is 0.338 e. The number of fused-ring (bicyclic) bond motifs is 1. The van der Waals surface area contributed by atoms with Crippen LogP contribution < -0.4 is 0 Å². The Kier molecular flexibility index (Phi) is 1.89. The lowest BCUT2D eigenvalue weighted by molar-refractivity contribution is 1.25. The van der Waals surface area contributed by atoms with E-state index >= 15 is 0 Å². The maximum atomic E-state index is 4.46. The molecule has 66 valence electrons. The van der Waals surface area contributed by atoms with Crippen LogP contribution in [0.3, 0.4) is 0 Å². The number of aromatic amines is 1. The minimum Gasteiger partial charge on any atom is -0.338 e. The van der Waals surface area contributed by atoms with Crippen LogP contribution in [0.2, 0.25) is 0 Å². The van der Waals surface area contributed by atoms with Gasteiger partial charge in [-0.05, 0) is 31.6 Å². The van der Waals surface area contributed by atoms with E-state index in [0.29, 0.717) is 0 Å². The number of rotatable bonds is 1. The fourth-order valence-electron chi connectivity index (χ4n) is 1.28. The van der Waals surface area contributed by atoms with Crippen molar-refractivity contribution in [1.29, 1.82) is 0 Å². The molecule has 0 atom stereocenters. The van der Waals surface area contributed by atoms with Crippen molar-refractivity contribution in [3.63, 3.8) is 0 Å². The molecule has 0 saturated carbocycles. The van der Waals surface area contributed by atoms with Crippen molar-refractivity contribution in [1.82, 2.24) is 9.97 Å². The van der Waals surface area contributed by atoms with Gasteiger partial charge in [-0.1, -0.05) is 18.2 Å². The van der Waals surface area contributed by atoms with Crippen LogP contribution in [0.4, 0.5) is 0 Å². The van der Waals surface area contributed by atoms with Crippen molar-refractivity contribution in [2.24, 2.45) is 0 Å². The minimum atomic E-state index is 0.962. The summed E-state index contributed by atoms with van der Waals surface area (Å²) >= 11 is 0. The summed E-state index contributed by atoms with van der Waals surface area (Å²) in [7, 11) is 0. The molecule has 0 radical (unpaired) electrons. The number of imidazole rings is 1. The first-order valence-corrected chi connectivity index (χ1v) is 4.39. The van der Waals surface area contributed by atoms with Crippen molar-refractivity contribution < 1.29 is 0 Å². The Morgan fingerprint density at radius 3 is 2.85 bits per heavy atom. The fourth-order valence-corrected chi connectivity index (χ4v) is 1.28. The first-order valence-electron chi connectivity index (χ1n) is 4.39. The van der Waals surface area contributed by atoms with Crippen molar-refractivity contribution in [2.45, 2.75) is 13.8 Å². The van der Waals surface area contributed by atoms with E-state index in [-0.39, 0.29) is 0 Å². The molecule has 1 aromatic carbocycles. The van der Waals surface area contributed by atoms with E-state index in [9.17, 15) is 0 Å². The second-order valence-electron chi connectivity index (χ2n) is 3.07. The average Bonchev–Trinajstić information content (AvgIpc) is 2.59. The smallest absolute Gasteiger partial charge is 0.133 e. The van der Waals surface area contributed by atoms with Crippen LogP contribution in [0.5, 0.6) is 0 Å². The van der Waals surface area contributed by atoms with E-state index in [1.807, 2.05) is 31.2 Å². The molecule has 0 unspecified atom stereocenters. The normalized spacial score (nSPS) is 12.3. The van der Waals surface area contributed by atoms with Crippen molar-refractivity contribution in [2.75, 3.05) is 0 Å². The molecule has 2 heteroatoms. The molecule has 13 heavy (non-hydrogen) atoms. The monoisotopic (exact) mass is 172 g/mol. The predicted molar refractivity (Wildman–Crippen MR) is 55.4 cm³/mol. The molecular formula is C11H12N2. The van der Waals surface area contributed by atoms with Gasteiger partial charge in [0.15, 0.2) is 0 Å². The molecule has 0 spiro atoms. The first-order chi connectivity index (χ1) is 6.31. The highest BCUT2D eigenvalue weighted by atomic mass is 14.9. The molecule has 1 N–H and O–H groups in total. The van der Waals surface area contributed by atoms with Crippen molar-refractivity contribution in [3.8, 4) is 0 Å². The van der Waals surface area contributed by atoms with E-state index in [1.54, 1.807) is 0 Å². The number of allylic oxidation sites excluding steroid dienone is 2. The summed E-state index contributed by atoms with van der Waals surface area (Å²) in [5, 5.41) is 0. The highest BCUT2D eigenvalue weighted by molar-refractivity contribution is 5.78. The third kappa shape index (κ3) is 1.35. The molecule has 0 saturated heterocycles. The molecule has 0 aliphatic heterocycles. The Morgan fingerprint density at radius 1 is 1.38 bits per heavy atom. The molecule has 0 fully saturated rings. The molecule has 2 nitrogen and oxygen atoms in total. The van der Waals surface area contributed by atoms with Gasteiger partial charge in [0.1, 0.15) is 5.82 Å². The number of para-hydroxylation sites is 2. The second kappa shape index (κ2) is 3.05. The topological polar surface area (TPSA) is 28.7 Å². The number of hydrogen-bond donors (Lipinski definition) is 1. The lowest BCUT2D eigenvalue weighted by Gasteiger charge is -1.90. The number of hydrogen-bond acceptors (Lipinski definition) is 1. The highest BCUT2D eigenvalue weighted by Crippen LogP contribution is 2.15. The van der Waals surface area contributed by atoms with E-state index in [2.05, 4.69) is 23.0 Å². The van der Waals surface area contributed by atoms with Crippen LogP contribution in [0.1, 0.15) is 19.7 Å². The third-order valence-corrected chi connectivity index (χ3v) is 2.20. The Balaban J connectivity index is 2.62. The van der Waals surface area contributed by atoms with Gasteiger partial charge in [-0.2, -0.15) is 0 Å². The summed E-state index contributed by atoms with van der Waals surface area (Å²) < 4.78 is 0. The minimum absolute atomic E-state index is 0.962. The van der Waals surface area contributed by atoms with Crippen LogP contribution in [-0.4, -0.2) is 9.97 Å². The fraction of sp³-hybridized carbons (Fsp3) is 0.182. The number of nitrogens with zero attached hydrogens (tertiary/aromatic N) is 1. The van der Waals surface area contributed by atoms with Gasteiger partial charge in [0.2, 0.25) is 0 Å². The average molecular weight is 172 g/mol. The molecule has 2 rings (SSSR count). The lowest BCUT2D eigenvalue weighted by atomic mass is 10.3. The summed E-state index contributed by atoms with van der Waals surface area (Å²) in [6, 6.07) is 8.06. The lowest BCUT2D eigenvalue weighted by Crippen LogP contribution is -1.80. The zero-order valence-corrected chi connectivity index (χ0v) is 7.83. The van der Waals surface area contributed by atoms with Crippen LogP contribution in [0.25, 0.3) is 16.6 Å². The maximum Gasteiger partial charge on any atom is 0.133 e. The highest BCUT2D eigenvalue weighted by Gasteiger charge is 2.01. The van der Waals surface area contributed by atoms with E-state index in [1.165, 1.54) is 5.57 Å². The number of benzene rings is 1. The summed E-state index contributed by atoms with van der Waals surface area (Å²) in [6.45, 7) is 4.07. The maximum absolute atomic E-state index is 4.46. The summed E-state index contributed by atoms with van der Waals surface area (Å²) in [5.41, 5.74) is 3.30. The van der Waals surface area contributed by atoms with Gasteiger partial charge in [-0.15, -0.1) is 0 Å². The Bertz CT molecular complexity index is 419. The van der Waals surface area contributed by atoms with Gasteiger partial charge < -0.3 is 4.98 Å². The van der Waals surface area contributed by atoms with Gasteiger partial charge in [-0.3, -0.25) is 0 Å². The molecule has 1 aromatic heterocycles. The number of aromatic nitrogens is 2. The SMILES string of the molecule is C/C=C(/C)c1nc2ccccc2[nH]1. The van der Waals surface area contributed by atoms with Crippen LogP contribution in [0, 0.1) is 0 Å².